The van der Waals surface area contributed by atoms with Gasteiger partial charge in [0.2, 0.25) is 0 Å². The zero-order valence-electron chi connectivity index (χ0n) is 12.7. The highest BCUT2D eigenvalue weighted by atomic mass is 79.9. The highest BCUT2D eigenvalue weighted by Gasteiger charge is 2.17. The summed E-state index contributed by atoms with van der Waals surface area (Å²) in [7, 11) is 0. The van der Waals surface area contributed by atoms with Crippen LogP contribution in [0.1, 0.15) is 44.1 Å². The molecule has 2 aromatic rings. The minimum atomic E-state index is 0.250. The number of hydrogen-bond donors (Lipinski definition) is 1. The Bertz CT molecular complexity index is 553. The summed E-state index contributed by atoms with van der Waals surface area (Å²) in [5.74, 6) is 1.04. The van der Waals surface area contributed by atoms with Gasteiger partial charge in [0, 0.05) is 23.5 Å². The lowest BCUT2D eigenvalue weighted by Gasteiger charge is -2.20. The quantitative estimate of drug-likeness (QED) is 0.788. The third-order valence-electron chi connectivity index (χ3n) is 3.44. The van der Waals surface area contributed by atoms with Gasteiger partial charge in [-0.2, -0.15) is 5.10 Å². The highest BCUT2D eigenvalue weighted by Crippen LogP contribution is 2.25. The Labute approximate surface area is 135 Å². The molecule has 21 heavy (non-hydrogen) atoms. The Morgan fingerprint density at radius 2 is 2.05 bits per heavy atom. The SMILES string of the molecule is CCCNC(Cc1ncnn1CCC)c1ccccc1Br. The Morgan fingerprint density at radius 1 is 1.24 bits per heavy atom. The molecule has 0 aliphatic rings. The summed E-state index contributed by atoms with van der Waals surface area (Å²) >= 11 is 3.66. The van der Waals surface area contributed by atoms with Crippen LogP contribution in [0.2, 0.25) is 0 Å². The number of nitrogens with one attached hydrogen (secondary N) is 1. The van der Waals surface area contributed by atoms with Gasteiger partial charge in [-0.15, -0.1) is 0 Å². The monoisotopic (exact) mass is 350 g/mol. The summed E-state index contributed by atoms with van der Waals surface area (Å²) in [6.45, 7) is 6.26. The molecule has 0 fully saturated rings. The molecule has 2 rings (SSSR count). The van der Waals surface area contributed by atoms with E-state index in [4.69, 9.17) is 0 Å². The molecule has 0 bridgehead atoms. The molecule has 114 valence electrons. The number of aromatic nitrogens is 3. The van der Waals surface area contributed by atoms with Crippen LogP contribution in [0.3, 0.4) is 0 Å². The molecule has 1 N–H and O–H groups in total. The van der Waals surface area contributed by atoms with Crippen LogP contribution < -0.4 is 5.32 Å². The van der Waals surface area contributed by atoms with E-state index in [1.165, 1.54) is 5.56 Å². The summed E-state index contributed by atoms with van der Waals surface area (Å²) in [5, 5.41) is 7.94. The Kier molecular flexibility index (Phi) is 6.39. The highest BCUT2D eigenvalue weighted by molar-refractivity contribution is 9.10. The maximum atomic E-state index is 4.43. The molecular weight excluding hydrogens is 328 g/mol. The van der Waals surface area contributed by atoms with Gasteiger partial charge < -0.3 is 5.32 Å². The summed E-state index contributed by atoms with van der Waals surface area (Å²) in [6, 6.07) is 8.63. The van der Waals surface area contributed by atoms with Crippen molar-refractivity contribution in [3.05, 3.63) is 46.5 Å². The first-order valence-corrected chi connectivity index (χ1v) is 8.40. The molecule has 0 aliphatic carbocycles. The van der Waals surface area contributed by atoms with Crippen molar-refractivity contribution in [1.82, 2.24) is 20.1 Å². The zero-order valence-corrected chi connectivity index (χ0v) is 14.3. The van der Waals surface area contributed by atoms with Crippen LogP contribution >= 0.6 is 15.9 Å². The van der Waals surface area contributed by atoms with Crippen molar-refractivity contribution in [3.8, 4) is 0 Å². The Balaban J connectivity index is 2.20. The van der Waals surface area contributed by atoms with E-state index in [1.54, 1.807) is 6.33 Å². The third-order valence-corrected chi connectivity index (χ3v) is 4.16. The van der Waals surface area contributed by atoms with Crippen molar-refractivity contribution in [3.63, 3.8) is 0 Å². The fraction of sp³-hybridized carbons (Fsp3) is 0.500. The van der Waals surface area contributed by atoms with E-state index >= 15 is 0 Å². The van der Waals surface area contributed by atoms with Gasteiger partial charge in [-0.25, -0.2) is 4.98 Å². The third kappa shape index (κ3) is 4.38. The molecule has 0 saturated heterocycles. The largest absolute Gasteiger partial charge is 0.310 e. The van der Waals surface area contributed by atoms with E-state index in [0.29, 0.717) is 0 Å². The van der Waals surface area contributed by atoms with Gasteiger partial charge in [0.25, 0.3) is 0 Å². The lowest BCUT2D eigenvalue weighted by molar-refractivity contribution is 0.487. The van der Waals surface area contributed by atoms with E-state index < -0.39 is 0 Å². The van der Waals surface area contributed by atoms with Gasteiger partial charge in [0.1, 0.15) is 12.2 Å². The molecule has 0 saturated carbocycles. The van der Waals surface area contributed by atoms with Gasteiger partial charge in [-0.3, -0.25) is 4.68 Å². The summed E-state index contributed by atoms with van der Waals surface area (Å²) in [6.07, 6.45) is 4.69. The van der Waals surface area contributed by atoms with Crippen LogP contribution in [0, 0.1) is 0 Å². The fourth-order valence-corrected chi connectivity index (χ4v) is 2.96. The molecule has 0 radical (unpaired) electrons. The lowest BCUT2D eigenvalue weighted by atomic mass is 10.0. The molecular formula is C16H23BrN4. The van der Waals surface area contributed by atoms with E-state index in [2.05, 4.69) is 63.4 Å². The molecule has 1 unspecified atom stereocenters. The van der Waals surface area contributed by atoms with Crippen LogP contribution in [0.25, 0.3) is 0 Å². The van der Waals surface area contributed by atoms with Gasteiger partial charge in [-0.05, 0) is 31.0 Å². The molecule has 0 spiro atoms. The standard InChI is InChI=1S/C16H23BrN4/c1-3-9-18-15(13-7-5-6-8-14(13)17)11-16-19-12-20-21(16)10-4-2/h5-8,12,15,18H,3-4,9-11H2,1-2H3. The number of benzene rings is 1. The molecule has 1 aromatic carbocycles. The molecule has 0 aliphatic heterocycles. The zero-order chi connectivity index (χ0) is 15.1. The van der Waals surface area contributed by atoms with Gasteiger partial charge >= 0.3 is 0 Å². The van der Waals surface area contributed by atoms with Crippen molar-refractivity contribution in [2.24, 2.45) is 0 Å². The number of nitrogens with zero attached hydrogens (tertiary/aromatic N) is 3. The van der Waals surface area contributed by atoms with E-state index in [1.807, 2.05) is 10.7 Å². The molecule has 1 atom stereocenters. The predicted octanol–water partition coefficient (Wildman–Crippen LogP) is 3.73. The van der Waals surface area contributed by atoms with Crippen LogP contribution in [-0.2, 0) is 13.0 Å². The van der Waals surface area contributed by atoms with E-state index in [0.717, 1.165) is 42.6 Å². The normalized spacial score (nSPS) is 12.5. The molecule has 4 nitrogen and oxygen atoms in total. The van der Waals surface area contributed by atoms with Gasteiger partial charge in [0.05, 0.1) is 0 Å². The number of halogens is 1. The molecule has 1 heterocycles. The number of rotatable bonds is 8. The van der Waals surface area contributed by atoms with Crippen LogP contribution in [0.15, 0.2) is 35.1 Å². The van der Waals surface area contributed by atoms with Crippen LogP contribution in [-0.4, -0.2) is 21.3 Å². The van der Waals surface area contributed by atoms with Crippen molar-refractivity contribution < 1.29 is 0 Å². The first-order chi connectivity index (χ1) is 10.3. The average Bonchev–Trinajstić information content (AvgIpc) is 2.92. The second kappa shape index (κ2) is 8.29. The predicted molar refractivity (Wildman–Crippen MR) is 89.2 cm³/mol. The minimum absolute atomic E-state index is 0.250. The first-order valence-electron chi connectivity index (χ1n) is 7.60. The second-order valence-electron chi connectivity index (χ2n) is 5.13. The van der Waals surface area contributed by atoms with Crippen LogP contribution in [0.4, 0.5) is 0 Å². The second-order valence-corrected chi connectivity index (χ2v) is 5.99. The smallest absolute Gasteiger partial charge is 0.138 e. The number of aryl methyl sites for hydroxylation is 1. The summed E-state index contributed by atoms with van der Waals surface area (Å²) in [4.78, 5) is 4.43. The van der Waals surface area contributed by atoms with Crippen LogP contribution in [0.5, 0.6) is 0 Å². The minimum Gasteiger partial charge on any atom is -0.310 e. The molecule has 1 aromatic heterocycles. The lowest BCUT2D eigenvalue weighted by Crippen LogP contribution is -2.26. The Hall–Kier alpha value is -1.20. The summed E-state index contributed by atoms with van der Waals surface area (Å²) < 4.78 is 3.15. The maximum absolute atomic E-state index is 4.43. The molecule has 5 heteroatoms. The number of hydrogen-bond acceptors (Lipinski definition) is 3. The maximum Gasteiger partial charge on any atom is 0.138 e. The van der Waals surface area contributed by atoms with Gasteiger partial charge in [-0.1, -0.05) is 48.0 Å². The van der Waals surface area contributed by atoms with Gasteiger partial charge in [0.15, 0.2) is 0 Å². The van der Waals surface area contributed by atoms with E-state index in [-0.39, 0.29) is 6.04 Å². The average molecular weight is 351 g/mol. The van der Waals surface area contributed by atoms with E-state index in [9.17, 15) is 0 Å². The summed E-state index contributed by atoms with van der Waals surface area (Å²) in [5.41, 5.74) is 1.27. The first kappa shape index (κ1) is 16.2. The van der Waals surface area contributed by atoms with Crippen molar-refractivity contribution in [1.29, 1.82) is 0 Å². The van der Waals surface area contributed by atoms with Crippen molar-refractivity contribution in [2.45, 2.75) is 45.7 Å². The van der Waals surface area contributed by atoms with Crippen molar-refractivity contribution >= 4 is 15.9 Å². The fourth-order valence-electron chi connectivity index (χ4n) is 2.40. The topological polar surface area (TPSA) is 42.7 Å². The molecule has 0 amide bonds. The Morgan fingerprint density at radius 3 is 2.76 bits per heavy atom. The van der Waals surface area contributed by atoms with Crippen molar-refractivity contribution in [2.75, 3.05) is 6.54 Å².